The highest BCUT2D eigenvalue weighted by Crippen LogP contribution is 2.17. The molecule has 0 bridgehead atoms. The summed E-state index contributed by atoms with van der Waals surface area (Å²) in [5.74, 6) is 1.08. The maximum atomic E-state index is 4.69. The number of rotatable bonds is 2. The third-order valence-electron chi connectivity index (χ3n) is 3.73. The zero-order chi connectivity index (χ0) is 12.5. The molecule has 3 rings (SSSR count). The van der Waals surface area contributed by atoms with Gasteiger partial charge in [0.2, 0.25) is 0 Å². The van der Waals surface area contributed by atoms with E-state index < -0.39 is 0 Å². The average molecular weight is 244 g/mol. The van der Waals surface area contributed by atoms with Crippen molar-refractivity contribution in [1.82, 2.24) is 20.2 Å². The van der Waals surface area contributed by atoms with Crippen LogP contribution in [0.4, 0.5) is 0 Å². The molecular formula is C14H20N4. The van der Waals surface area contributed by atoms with Crippen molar-refractivity contribution in [3.05, 3.63) is 29.1 Å². The van der Waals surface area contributed by atoms with Crippen LogP contribution >= 0.6 is 0 Å². The van der Waals surface area contributed by atoms with Gasteiger partial charge in [0.1, 0.15) is 5.82 Å². The van der Waals surface area contributed by atoms with Crippen LogP contribution in [0.1, 0.15) is 17.0 Å². The molecule has 1 aromatic heterocycles. The van der Waals surface area contributed by atoms with Gasteiger partial charge in [-0.05, 0) is 37.1 Å². The number of hydrogen-bond acceptors (Lipinski definition) is 3. The first-order valence-corrected chi connectivity index (χ1v) is 6.61. The van der Waals surface area contributed by atoms with Crippen LogP contribution < -0.4 is 5.32 Å². The Morgan fingerprint density at radius 2 is 1.89 bits per heavy atom. The van der Waals surface area contributed by atoms with Crippen LogP contribution in [0.2, 0.25) is 0 Å². The SMILES string of the molecule is Cc1cc2nc(CN3CCNCC3)[nH]c2cc1C. The molecule has 2 aromatic rings. The van der Waals surface area contributed by atoms with Gasteiger partial charge in [-0.3, -0.25) is 4.90 Å². The Morgan fingerprint density at radius 3 is 2.67 bits per heavy atom. The van der Waals surface area contributed by atoms with Crippen LogP contribution in [0, 0.1) is 13.8 Å². The van der Waals surface area contributed by atoms with Crippen molar-refractivity contribution in [2.75, 3.05) is 26.2 Å². The highest BCUT2D eigenvalue weighted by molar-refractivity contribution is 5.77. The number of fused-ring (bicyclic) bond motifs is 1. The van der Waals surface area contributed by atoms with Gasteiger partial charge in [0.15, 0.2) is 0 Å². The smallest absolute Gasteiger partial charge is 0.121 e. The minimum Gasteiger partial charge on any atom is -0.341 e. The molecule has 4 nitrogen and oxygen atoms in total. The average Bonchev–Trinajstić information content (AvgIpc) is 2.72. The number of nitrogens with one attached hydrogen (secondary N) is 2. The van der Waals surface area contributed by atoms with E-state index in [1.807, 2.05) is 0 Å². The number of imidazole rings is 1. The minimum absolute atomic E-state index is 0.925. The fourth-order valence-corrected chi connectivity index (χ4v) is 2.48. The van der Waals surface area contributed by atoms with Gasteiger partial charge in [-0.15, -0.1) is 0 Å². The summed E-state index contributed by atoms with van der Waals surface area (Å²) in [6.45, 7) is 9.58. The Bertz CT molecular complexity index is 513. The van der Waals surface area contributed by atoms with Crippen molar-refractivity contribution in [3.8, 4) is 0 Å². The van der Waals surface area contributed by atoms with Gasteiger partial charge in [0.25, 0.3) is 0 Å². The molecule has 0 atom stereocenters. The molecule has 2 heterocycles. The van der Waals surface area contributed by atoms with E-state index in [0.717, 1.165) is 49.6 Å². The molecule has 0 radical (unpaired) electrons. The summed E-state index contributed by atoms with van der Waals surface area (Å²) in [7, 11) is 0. The number of H-pyrrole nitrogens is 1. The summed E-state index contributed by atoms with van der Waals surface area (Å²) in [4.78, 5) is 10.6. The van der Waals surface area contributed by atoms with Crippen molar-refractivity contribution in [2.24, 2.45) is 0 Å². The number of aromatic amines is 1. The zero-order valence-electron chi connectivity index (χ0n) is 11.1. The van der Waals surface area contributed by atoms with Gasteiger partial charge in [-0.25, -0.2) is 4.98 Å². The highest BCUT2D eigenvalue weighted by Gasteiger charge is 2.12. The first kappa shape index (κ1) is 11.7. The van der Waals surface area contributed by atoms with Crippen molar-refractivity contribution >= 4 is 11.0 Å². The van der Waals surface area contributed by atoms with Crippen molar-refractivity contribution in [2.45, 2.75) is 20.4 Å². The lowest BCUT2D eigenvalue weighted by atomic mass is 10.1. The lowest BCUT2D eigenvalue weighted by Gasteiger charge is -2.26. The Labute approximate surface area is 107 Å². The fourth-order valence-electron chi connectivity index (χ4n) is 2.48. The van der Waals surface area contributed by atoms with Gasteiger partial charge in [-0.2, -0.15) is 0 Å². The second-order valence-electron chi connectivity index (χ2n) is 5.16. The largest absolute Gasteiger partial charge is 0.341 e. The lowest BCUT2D eigenvalue weighted by Crippen LogP contribution is -2.43. The van der Waals surface area contributed by atoms with E-state index in [-0.39, 0.29) is 0 Å². The molecule has 1 aromatic carbocycles. The molecule has 2 N–H and O–H groups in total. The predicted octanol–water partition coefficient (Wildman–Crippen LogP) is 1.58. The van der Waals surface area contributed by atoms with Gasteiger partial charge >= 0.3 is 0 Å². The number of nitrogens with zero attached hydrogens (tertiary/aromatic N) is 2. The van der Waals surface area contributed by atoms with E-state index in [4.69, 9.17) is 4.98 Å². The zero-order valence-corrected chi connectivity index (χ0v) is 11.1. The molecular weight excluding hydrogens is 224 g/mol. The summed E-state index contributed by atoms with van der Waals surface area (Å²) < 4.78 is 0. The topological polar surface area (TPSA) is 44.0 Å². The van der Waals surface area contributed by atoms with Gasteiger partial charge in [0, 0.05) is 26.2 Å². The molecule has 18 heavy (non-hydrogen) atoms. The van der Waals surface area contributed by atoms with Gasteiger partial charge < -0.3 is 10.3 Å². The quantitative estimate of drug-likeness (QED) is 0.843. The third-order valence-corrected chi connectivity index (χ3v) is 3.73. The second kappa shape index (κ2) is 4.71. The Balaban J connectivity index is 1.84. The van der Waals surface area contributed by atoms with Crippen molar-refractivity contribution in [1.29, 1.82) is 0 Å². The highest BCUT2D eigenvalue weighted by atomic mass is 15.2. The lowest BCUT2D eigenvalue weighted by molar-refractivity contribution is 0.229. The molecule has 0 saturated carbocycles. The summed E-state index contributed by atoms with van der Waals surface area (Å²) in [5.41, 5.74) is 4.87. The van der Waals surface area contributed by atoms with Crippen LogP contribution in [-0.4, -0.2) is 41.0 Å². The third kappa shape index (κ3) is 2.26. The maximum Gasteiger partial charge on any atom is 0.121 e. The van der Waals surface area contributed by atoms with Crippen LogP contribution in [0.3, 0.4) is 0 Å². The van der Waals surface area contributed by atoms with Crippen molar-refractivity contribution < 1.29 is 0 Å². The minimum atomic E-state index is 0.925. The van der Waals surface area contributed by atoms with Gasteiger partial charge in [0.05, 0.1) is 17.6 Å². The van der Waals surface area contributed by atoms with Crippen LogP contribution in [0.25, 0.3) is 11.0 Å². The molecule has 1 saturated heterocycles. The summed E-state index contributed by atoms with van der Waals surface area (Å²) in [6.07, 6.45) is 0. The van der Waals surface area contributed by atoms with E-state index in [1.54, 1.807) is 0 Å². The maximum absolute atomic E-state index is 4.69. The molecule has 96 valence electrons. The summed E-state index contributed by atoms with van der Waals surface area (Å²) in [6, 6.07) is 4.36. The molecule has 0 aliphatic carbocycles. The number of aryl methyl sites for hydroxylation is 2. The normalized spacial score (nSPS) is 17.4. The summed E-state index contributed by atoms with van der Waals surface area (Å²) >= 11 is 0. The van der Waals surface area contributed by atoms with Crippen molar-refractivity contribution in [3.63, 3.8) is 0 Å². The van der Waals surface area contributed by atoms with Gasteiger partial charge in [-0.1, -0.05) is 0 Å². The van der Waals surface area contributed by atoms with E-state index in [0.29, 0.717) is 0 Å². The Morgan fingerprint density at radius 1 is 1.17 bits per heavy atom. The molecule has 1 aliphatic rings. The fraction of sp³-hybridized carbons (Fsp3) is 0.500. The monoisotopic (exact) mass is 244 g/mol. The predicted molar refractivity (Wildman–Crippen MR) is 73.7 cm³/mol. The van der Waals surface area contributed by atoms with E-state index in [2.05, 4.69) is 41.2 Å². The first-order valence-electron chi connectivity index (χ1n) is 6.61. The van der Waals surface area contributed by atoms with Crippen LogP contribution in [0.15, 0.2) is 12.1 Å². The molecule has 0 unspecified atom stereocenters. The molecule has 0 spiro atoms. The van der Waals surface area contributed by atoms with E-state index in [1.165, 1.54) is 11.1 Å². The second-order valence-corrected chi connectivity index (χ2v) is 5.16. The Kier molecular flexibility index (Phi) is 3.06. The molecule has 4 heteroatoms. The molecule has 1 aliphatic heterocycles. The van der Waals surface area contributed by atoms with E-state index >= 15 is 0 Å². The summed E-state index contributed by atoms with van der Waals surface area (Å²) in [5, 5.41) is 3.37. The Hall–Kier alpha value is -1.39. The van der Waals surface area contributed by atoms with Crippen LogP contribution in [0.5, 0.6) is 0 Å². The number of hydrogen-bond donors (Lipinski definition) is 2. The van der Waals surface area contributed by atoms with E-state index in [9.17, 15) is 0 Å². The molecule has 1 fully saturated rings. The number of piperazine rings is 1. The van der Waals surface area contributed by atoms with Crippen LogP contribution in [-0.2, 0) is 6.54 Å². The molecule has 0 amide bonds. The number of benzene rings is 1. The standard InChI is InChI=1S/C14H20N4/c1-10-7-12-13(8-11(10)2)17-14(16-12)9-18-5-3-15-4-6-18/h7-8,15H,3-6,9H2,1-2H3,(H,16,17). The number of aromatic nitrogens is 2. The first-order chi connectivity index (χ1) is 8.72.